The topological polar surface area (TPSA) is 29.3 Å². The molecule has 1 atom stereocenters. The molecule has 20 heavy (non-hydrogen) atoms. The van der Waals surface area contributed by atoms with Gasteiger partial charge in [-0.1, -0.05) is 18.2 Å². The molecular weight excluding hydrogens is 258 g/mol. The molecule has 0 fully saturated rings. The Hall–Kier alpha value is -1.94. The van der Waals surface area contributed by atoms with Crippen molar-refractivity contribution >= 4 is 5.69 Å². The normalized spacial score (nSPS) is 12.2. The second-order valence-electron chi connectivity index (χ2n) is 4.94. The highest BCUT2D eigenvalue weighted by molar-refractivity contribution is 5.52. The zero-order valence-corrected chi connectivity index (χ0v) is 11.6. The Bertz CT molecular complexity index is 599. The van der Waals surface area contributed by atoms with Gasteiger partial charge in [0.25, 0.3) is 0 Å². The predicted octanol–water partition coefficient (Wildman–Crippen LogP) is 3.41. The SMILES string of the molecule is Cc1ccccc1N(C)CC(N)c1cc(F)ccc1F. The molecule has 0 amide bonds. The van der Waals surface area contributed by atoms with Crippen LogP contribution in [0, 0.1) is 18.6 Å². The van der Waals surface area contributed by atoms with Crippen molar-refractivity contribution in [1.29, 1.82) is 0 Å². The fourth-order valence-electron chi connectivity index (χ4n) is 2.28. The van der Waals surface area contributed by atoms with Crippen molar-refractivity contribution in [2.75, 3.05) is 18.5 Å². The molecule has 0 aromatic heterocycles. The van der Waals surface area contributed by atoms with Crippen LogP contribution in [0.25, 0.3) is 0 Å². The number of halogens is 2. The average molecular weight is 276 g/mol. The second kappa shape index (κ2) is 6.01. The first-order valence-corrected chi connectivity index (χ1v) is 6.46. The molecule has 106 valence electrons. The molecule has 1 unspecified atom stereocenters. The first kappa shape index (κ1) is 14.5. The van der Waals surface area contributed by atoms with Gasteiger partial charge in [0.1, 0.15) is 11.6 Å². The summed E-state index contributed by atoms with van der Waals surface area (Å²) in [5.74, 6) is -0.951. The summed E-state index contributed by atoms with van der Waals surface area (Å²) >= 11 is 0. The number of rotatable bonds is 4. The Morgan fingerprint density at radius 1 is 1.15 bits per heavy atom. The number of aryl methyl sites for hydroxylation is 1. The number of anilines is 1. The van der Waals surface area contributed by atoms with Crippen molar-refractivity contribution in [3.8, 4) is 0 Å². The number of nitrogens with zero attached hydrogens (tertiary/aromatic N) is 1. The molecule has 0 aliphatic carbocycles. The van der Waals surface area contributed by atoms with E-state index in [0.717, 1.165) is 29.4 Å². The minimum absolute atomic E-state index is 0.199. The zero-order chi connectivity index (χ0) is 14.7. The van der Waals surface area contributed by atoms with Crippen LogP contribution < -0.4 is 10.6 Å². The molecule has 2 aromatic rings. The Morgan fingerprint density at radius 2 is 1.85 bits per heavy atom. The second-order valence-corrected chi connectivity index (χ2v) is 4.94. The number of nitrogens with two attached hydrogens (primary N) is 1. The van der Waals surface area contributed by atoms with Gasteiger partial charge < -0.3 is 10.6 Å². The lowest BCUT2D eigenvalue weighted by atomic mass is 10.1. The molecule has 0 spiro atoms. The minimum Gasteiger partial charge on any atom is -0.372 e. The fraction of sp³-hybridized carbons (Fsp3) is 0.250. The smallest absolute Gasteiger partial charge is 0.128 e. The first-order valence-electron chi connectivity index (χ1n) is 6.46. The van der Waals surface area contributed by atoms with E-state index in [4.69, 9.17) is 5.73 Å². The lowest BCUT2D eigenvalue weighted by Crippen LogP contribution is -2.30. The molecule has 2 rings (SSSR count). The molecule has 0 saturated heterocycles. The van der Waals surface area contributed by atoms with E-state index in [0.29, 0.717) is 6.54 Å². The van der Waals surface area contributed by atoms with Gasteiger partial charge in [0, 0.05) is 24.8 Å². The third-order valence-electron chi connectivity index (χ3n) is 3.35. The summed E-state index contributed by atoms with van der Waals surface area (Å²) in [7, 11) is 1.89. The molecule has 4 heteroatoms. The lowest BCUT2D eigenvalue weighted by Gasteiger charge is -2.25. The van der Waals surface area contributed by atoms with Gasteiger partial charge in [0.05, 0.1) is 6.04 Å². The van der Waals surface area contributed by atoms with E-state index >= 15 is 0 Å². The summed E-state index contributed by atoms with van der Waals surface area (Å²) < 4.78 is 26.9. The Balaban J connectivity index is 2.17. The van der Waals surface area contributed by atoms with E-state index in [1.54, 1.807) is 0 Å². The minimum atomic E-state index is -0.588. The number of hydrogen-bond donors (Lipinski definition) is 1. The van der Waals surface area contributed by atoms with Crippen LogP contribution in [-0.4, -0.2) is 13.6 Å². The van der Waals surface area contributed by atoms with Crippen LogP contribution in [0.4, 0.5) is 14.5 Å². The van der Waals surface area contributed by atoms with Gasteiger partial charge in [-0.15, -0.1) is 0 Å². The third-order valence-corrected chi connectivity index (χ3v) is 3.35. The first-order chi connectivity index (χ1) is 9.49. The summed E-state index contributed by atoms with van der Waals surface area (Å²) in [5, 5.41) is 0. The number of likely N-dealkylation sites (N-methyl/N-ethyl adjacent to an activating group) is 1. The summed E-state index contributed by atoms with van der Waals surface area (Å²) in [6.45, 7) is 2.41. The summed E-state index contributed by atoms with van der Waals surface area (Å²) in [5.41, 5.74) is 8.34. The molecule has 2 nitrogen and oxygen atoms in total. The molecule has 0 aliphatic rings. The zero-order valence-electron chi connectivity index (χ0n) is 11.6. The van der Waals surface area contributed by atoms with Crippen LogP contribution >= 0.6 is 0 Å². The summed E-state index contributed by atoms with van der Waals surface area (Å²) in [6, 6.07) is 10.6. The maximum atomic E-state index is 13.7. The number of benzene rings is 2. The highest BCUT2D eigenvalue weighted by Gasteiger charge is 2.15. The van der Waals surface area contributed by atoms with E-state index in [2.05, 4.69) is 0 Å². The largest absolute Gasteiger partial charge is 0.372 e. The molecular formula is C16H18F2N2. The van der Waals surface area contributed by atoms with Gasteiger partial charge in [0.15, 0.2) is 0 Å². The summed E-state index contributed by atoms with van der Waals surface area (Å²) in [4.78, 5) is 1.95. The lowest BCUT2D eigenvalue weighted by molar-refractivity contribution is 0.561. The molecule has 0 saturated carbocycles. The Morgan fingerprint density at radius 3 is 2.55 bits per heavy atom. The summed E-state index contributed by atoms with van der Waals surface area (Å²) in [6.07, 6.45) is 0. The van der Waals surface area contributed by atoms with Gasteiger partial charge in [0.2, 0.25) is 0 Å². The van der Waals surface area contributed by atoms with Crippen LogP contribution in [-0.2, 0) is 0 Å². The van der Waals surface area contributed by atoms with Gasteiger partial charge in [-0.3, -0.25) is 0 Å². The van der Waals surface area contributed by atoms with Crippen molar-refractivity contribution in [3.63, 3.8) is 0 Å². The van der Waals surface area contributed by atoms with E-state index in [1.807, 2.05) is 43.1 Å². The van der Waals surface area contributed by atoms with Crippen molar-refractivity contribution < 1.29 is 8.78 Å². The van der Waals surface area contributed by atoms with E-state index in [-0.39, 0.29) is 5.56 Å². The van der Waals surface area contributed by atoms with Crippen LogP contribution in [0.2, 0.25) is 0 Å². The van der Waals surface area contributed by atoms with Crippen molar-refractivity contribution in [3.05, 3.63) is 65.2 Å². The molecule has 0 bridgehead atoms. The molecule has 0 radical (unpaired) electrons. The molecule has 0 aliphatic heterocycles. The third kappa shape index (κ3) is 3.14. The standard InChI is InChI=1S/C16H18F2N2/c1-11-5-3-4-6-16(11)20(2)10-15(19)13-9-12(17)7-8-14(13)18/h3-9,15H,10,19H2,1-2H3. The molecule has 0 heterocycles. The van der Waals surface area contributed by atoms with E-state index < -0.39 is 17.7 Å². The van der Waals surface area contributed by atoms with Crippen LogP contribution in [0.3, 0.4) is 0 Å². The maximum absolute atomic E-state index is 13.7. The van der Waals surface area contributed by atoms with Gasteiger partial charge >= 0.3 is 0 Å². The quantitative estimate of drug-likeness (QED) is 0.927. The fourth-order valence-corrected chi connectivity index (χ4v) is 2.28. The van der Waals surface area contributed by atoms with Gasteiger partial charge in [-0.2, -0.15) is 0 Å². The molecule has 2 aromatic carbocycles. The van der Waals surface area contributed by atoms with Crippen molar-refractivity contribution in [2.45, 2.75) is 13.0 Å². The van der Waals surface area contributed by atoms with Crippen molar-refractivity contribution in [2.24, 2.45) is 5.73 Å². The van der Waals surface area contributed by atoms with Crippen LogP contribution in [0.5, 0.6) is 0 Å². The predicted molar refractivity (Wildman–Crippen MR) is 77.7 cm³/mol. The van der Waals surface area contributed by atoms with E-state index in [9.17, 15) is 8.78 Å². The van der Waals surface area contributed by atoms with Crippen molar-refractivity contribution in [1.82, 2.24) is 0 Å². The number of para-hydroxylation sites is 1. The van der Waals surface area contributed by atoms with Gasteiger partial charge in [-0.05, 0) is 36.8 Å². The van der Waals surface area contributed by atoms with Crippen LogP contribution in [0.1, 0.15) is 17.2 Å². The maximum Gasteiger partial charge on any atom is 0.128 e. The van der Waals surface area contributed by atoms with E-state index in [1.165, 1.54) is 0 Å². The highest BCUT2D eigenvalue weighted by Crippen LogP contribution is 2.22. The Kier molecular flexibility index (Phi) is 4.35. The Labute approximate surface area is 117 Å². The highest BCUT2D eigenvalue weighted by atomic mass is 19.1. The van der Waals surface area contributed by atoms with Crippen LogP contribution in [0.15, 0.2) is 42.5 Å². The number of hydrogen-bond acceptors (Lipinski definition) is 2. The van der Waals surface area contributed by atoms with Gasteiger partial charge in [-0.25, -0.2) is 8.78 Å². The average Bonchev–Trinajstić information content (AvgIpc) is 2.41. The monoisotopic (exact) mass is 276 g/mol. The molecule has 2 N–H and O–H groups in total.